The van der Waals surface area contributed by atoms with Gasteiger partial charge in [0, 0.05) is 13.6 Å². The van der Waals surface area contributed by atoms with Crippen LogP contribution < -0.4 is 10.9 Å². The molecule has 1 N–H and O–H groups in total. The Labute approximate surface area is 127 Å². The van der Waals surface area contributed by atoms with Gasteiger partial charge < -0.3 is 5.32 Å². The summed E-state index contributed by atoms with van der Waals surface area (Å²) in [6.07, 6.45) is 1.62. The number of rotatable bonds is 5. The number of fused-ring (bicyclic) bond motifs is 1. The van der Waals surface area contributed by atoms with Gasteiger partial charge in [-0.1, -0.05) is 30.0 Å². The highest BCUT2D eigenvalue weighted by atomic mass is 32.2. The van der Waals surface area contributed by atoms with E-state index in [0.717, 1.165) is 0 Å². The number of benzene rings is 1. The van der Waals surface area contributed by atoms with Crippen LogP contribution in [-0.2, 0) is 11.8 Å². The molecule has 0 spiro atoms. The fourth-order valence-corrected chi connectivity index (χ4v) is 2.73. The van der Waals surface area contributed by atoms with Crippen molar-refractivity contribution in [2.45, 2.75) is 17.3 Å². The average molecular weight is 303 g/mol. The second-order valence-corrected chi connectivity index (χ2v) is 5.88. The molecule has 5 nitrogen and oxygen atoms in total. The Balaban J connectivity index is 2.30. The number of aromatic nitrogens is 2. The fourth-order valence-electron chi connectivity index (χ4n) is 1.83. The minimum Gasteiger partial charge on any atom is -0.352 e. The first-order valence-electron chi connectivity index (χ1n) is 6.55. The number of hydrogen-bond acceptors (Lipinski definition) is 4. The molecule has 1 amide bonds. The molecule has 0 aliphatic carbocycles. The predicted molar refractivity (Wildman–Crippen MR) is 85.5 cm³/mol. The summed E-state index contributed by atoms with van der Waals surface area (Å²) >= 11 is 1.26. The Bertz CT molecular complexity index is 739. The van der Waals surface area contributed by atoms with Crippen LogP contribution >= 0.6 is 11.8 Å². The molecule has 0 aliphatic rings. The molecule has 2 rings (SSSR count). The highest BCUT2D eigenvalue weighted by molar-refractivity contribution is 8.00. The number of thioether (sulfide) groups is 1. The lowest BCUT2D eigenvalue weighted by molar-refractivity contribution is -0.120. The second-order valence-electron chi connectivity index (χ2n) is 4.57. The van der Waals surface area contributed by atoms with Crippen LogP contribution in [0.2, 0.25) is 0 Å². The lowest BCUT2D eigenvalue weighted by Gasteiger charge is -2.13. The Morgan fingerprint density at radius 2 is 2.24 bits per heavy atom. The number of carbonyl (C=O) groups excluding carboxylic acids is 1. The molecule has 1 atom stereocenters. The van der Waals surface area contributed by atoms with E-state index in [9.17, 15) is 9.59 Å². The Morgan fingerprint density at radius 3 is 2.95 bits per heavy atom. The van der Waals surface area contributed by atoms with Crippen molar-refractivity contribution < 1.29 is 4.79 Å². The number of nitrogens with zero attached hydrogens (tertiary/aromatic N) is 2. The van der Waals surface area contributed by atoms with Gasteiger partial charge in [-0.2, -0.15) is 0 Å². The summed E-state index contributed by atoms with van der Waals surface area (Å²) in [5, 5.41) is 3.49. The molecule has 1 heterocycles. The molecule has 0 radical (unpaired) electrons. The molecule has 0 saturated heterocycles. The molecule has 1 aromatic heterocycles. The van der Waals surface area contributed by atoms with Crippen LogP contribution in [0.3, 0.4) is 0 Å². The van der Waals surface area contributed by atoms with Crippen molar-refractivity contribution in [1.82, 2.24) is 14.9 Å². The van der Waals surface area contributed by atoms with Crippen molar-refractivity contribution in [1.29, 1.82) is 0 Å². The maximum Gasteiger partial charge on any atom is 0.261 e. The molecule has 0 bridgehead atoms. The standard InChI is InChI=1S/C15H17N3O2S/c1-4-9-16-13(19)10(2)21-15-17-12-8-6-5-7-11(12)14(20)18(15)3/h4-8,10H,1,9H2,2-3H3,(H,16,19)/t10-/m0/s1. The highest BCUT2D eigenvalue weighted by Crippen LogP contribution is 2.21. The number of amides is 1. The van der Waals surface area contributed by atoms with E-state index in [1.165, 1.54) is 16.3 Å². The van der Waals surface area contributed by atoms with E-state index in [-0.39, 0.29) is 16.7 Å². The van der Waals surface area contributed by atoms with Gasteiger partial charge in [0.05, 0.1) is 16.2 Å². The summed E-state index contributed by atoms with van der Waals surface area (Å²) in [6, 6.07) is 7.19. The summed E-state index contributed by atoms with van der Waals surface area (Å²) in [4.78, 5) is 28.6. The third-order valence-corrected chi connectivity index (χ3v) is 4.16. The zero-order valence-corrected chi connectivity index (χ0v) is 12.8. The monoisotopic (exact) mass is 303 g/mol. The van der Waals surface area contributed by atoms with E-state index < -0.39 is 0 Å². The van der Waals surface area contributed by atoms with Crippen LogP contribution in [0.1, 0.15) is 6.92 Å². The van der Waals surface area contributed by atoms with Gasteiger partial charge in [0.15, 0.2) is 5.16 Å². The summed E-state index contributed by atoms with van der Waals surface area (Å²) in [5.41, 5.74) is 0.531. The second kappa shape index (κ2) is 6.58. The average Bonchev–Trinajstić information content (AvgIpc) is 2.49. The third kappa shape index (κ3) is 3.33. The van der Waals surface area contributed by atoms with Crippen molar-refractivity contribution in [3.8, 4) is 0 Å². The van der Waals surface area contributed by atoms with Gasteiger partial charge in [-0.3, -0.25) is 14.2 Å². The van der Waals surface area contributed by atoms with Crippen molar-refractivity contribution in [3.05, 3.63) is 47.3 Å². The first kappa shape index (κ1) is 15.3. The normalized spacial score (nSPS) is 12.1. The maximum atomic E-state index is 12.3. The molecule has 110 valence electrons. The molecule has 0 saturated carbocycles. The molecule has 6 heteroatoms. The Kier molecular flexibility index (Phi) is 4.80. The molecule has 2 aromatic rings. The van der Waals surface area contributed by atoms with E-state index in [1.54, 1.807) is 32.2 Å². The summed E-state index contributed by atoms with van der Waals surface area (Å²) in [6.45, 7) is 5.76. The van der Waals surface area contributed by atoms with Gasteiger partial charge in [0.1, 0.15) is 0 Å². The minimum absolute atomic E-state index is 0.109. The van der Waals surface area contributed by atoms with Gasteiger partial charge in [0.2, 0.25) is 5.91 Å². The molecule has 0 aliphatic heterocycles. The molecule has 1 aromatic carbocycles. The van der Waals surface area contributed by atoms with Crippen molar-refractivity contribution in [2.75, 3.05) is 6.54 Å². The topological polar surface area (TPSA) is 64.0 Å². The Morgan fingerprint density at radius 1 is 1.52 bits per heavy atom. The summed E-state index contributed by atoms with van der Waals surface area (Å²) in [7, 11) is 1.67. The van der Waals surface area contributed by atoms with Crippen LogP contribution in [0.15, 0.2) is 46.9 Å². The maximum absolute atomic E-state index is 12.3. The third-order valence-electron chi connectivity index (χ3n) is 3.01. The van der Waals surface area contributed by atoms with E-state index in [0.29, 0.717) is 22.6 Å². The van der Waals surface area contributed by atoms with Gasteiger partial charge in [0.25, 0.3) is 5.56 Å². The van der Waals surface area contributed by atoms with Crippen LogP contribution in [0, 0.1) is 0 Å². The quantitative estimate of drug-likeness (QED) is 0.519. The first-order valence-corrected chi connectivity index (χ1v) is 7.43. The van der Waals surface area contributed by atoms with Crippen molar-refractivity contribution >= 4 is 28.6 Å². The van der Waals surface area contributed by atoms with Crippen LogP contribution in [-0.4, -0.2) is 27.3 Å². The van der Waals surface area contributed by atoms with Crippen LogP contribution in [0.5, 0.6) is 0 Å². The minimum atomic E-state index is -0.343. The van der Waals surface area contributed by atoms with Gasteiger partial charge >= 0.3 is 0 Å². The molecular formula is C15H17N3O2S. The van der Waals surface area contributed by atoms with E-state index in [2.05, 4.69) is 16.9 Å². The van der Waals surface area contributed by atoms with Crippen molar-refractivity contribution in [3.63, 3.8) is 0 Å². The highest BCUT2D eigenvalue weighted by Gasteiger charge is 2.17. The largest absolute Gasteiger partial charge is 0.352 e. The molecular weight excluding hydrogens is 286 g/mol. The number of hydrogen-bond donors (Lipinski definition) is 1. The number of carbonyl (C=O) groups is 1. The lowest BCUT2D eigenvalue weighted by Crippen LogP contribution is -2.31. The lowest BCUT2D eigenvalue weighted by atomic mass is 10.2. The summed E-state index contributed by atoms with van der Waals surface area (Å²) < 4.78 is 1.48. The fraction of sp³-hybridized carbons (Fsp3) is 0.267. The smallest absolute Gasteiger partial charge is 0.261 e. The van der Waals surface area contributed by atoms with Gasteiger partial charge in [-0.25, -0.2) is 4.98 Å². The van der Waals surface area contributed by atoms with Crippen molar-refractivity contribution in [2.24, 2.45) is 7.05 Å². The Hall–Kier alpha value is -2.08. The van der Waals surface area contributed by atoms with E-state index >= 15 is 0 Å². The van der Waals surface area contributed by atoms with Gasteiger partial charge in [-0.05, 0) is 19.1 Å². The molecule has 21 heavy (non-hydrogen) atoms. The molecule has 0 fully saturated rings. The zero-order chi connectivity index (χ0) is 15.4. The number of nitrogens with one attached hydrogen (secondary N) is 1. The van der Waals surface area contributed by atoms with Crippen LogP contribution in [0.4, 0.5) is 0 Å². The van der Waals surface area contributed by atoms with Crippen LogP contribution in [0.25, 0.3) is 10.9 Å². The van der Waals surface area contributed by atoms with Gasteiger partial charge in [-0.15, -0.1) is 6.58 Å². The zero-order valence-electron chi connectivity index (χ0n) is 12.0. The first-order chi connectivity index (χ1) is 10.0. The van der Waals surface area contributed by atoms with E-state index in [4.69, 9.17) is 0 Å². The van der Waals surface area contributed by atoms with E-state index in [1.807, 2.05) is 12.1 Å². The summed E-state index contributed by atoms with van der Waals surface area (Å²) in [5.74, 6) is -0.109. The SMILES string of the molecule is C=CCNC(=O)[C@H](C)Sc1nc2ccccc2c(=O)n1C. The predicted octanol–water partition coefficient (Wildman–Crippen LogP) is 1.72. The number of para-hydroxylation sites is 1. The molecule has 0 unspecified atom stereocenters.